The van der Waals surface area contributed by atoms with Crippen molar-refractivity contribution in [2.75, 3.05) is 7.11 Å². The molecular weight excluding hydrogens is 280 g/mol. The lowest BCUT2D eigenvalue weighted by atomic mass is 9.80. The van der Waals surface area contributed by atoms with Crippen molar-refractivity contribution in [1.82, 2.24) is 0 Å². The van der Waals surface area contributed by atoms with Gasteiger partial charge in [-0.3, -0.25) is 9.59 Å². The highest BCUT2D eigenvalue weighted by atomic mass is 16.5. The summed E-state index contributed by atoms with van der Waals surface area (Å²) in [6, 6.07) is 7.91. The molecule has 22 heavy (non-hydrogen) atoms. The SMILES string of the molecule is CCCc1cc(O)cc2c1C(=O)c1c(OC)cccc1C2=O. The molecule has 0 spiro atoms. The molecule has 112 valence electrons. The van der Waals surface area contributed by atoms with E-state index in [1.807, 2.05) is 6.92 Å². The van der Waals surface area contributed by atoms with Gasteiger partial charge in [-0.05, 0) is 30.2 Å². The van der Waals surface area contributed by atoms with Crippen LogP contribution >= 0.6 is 0 Å². The third kappa shape index (κ3) is 1.99. The molecule has 0 saturated heterocycles. The zero-order chi connectivity index (χ0) is 15.9. The Morgan fingerprint density at radius 2 is 1.82 bits per heavy atom. The number of carbonyl (C=O) groups excluding carboxylic acids is 2. The third-order valence-electron chi connectivity index (χ3n) is 3.91. The van der Waals surface area contributed by atoms with Crippen LogP contribution in [0.25, 0.3) is 0 Å². The Balaban J connectivity index is 2.32. The van der Waals surface area contributed by atoms with Gasteiger partial charge >= 0.3 is 0 Å². The number of benzene rings is 2. The molecule has 2 aromatic rings. The molecule has 0 aromatic heterocycles. The number of hydrogen-bond acceptors (Lipinski definition) is 4. The van der Waals surface area contributed by atoms with Gasteiger partial charge in [0.05, 0.1) is 12.7 Å². The number of methoxy groups -OCH3 is 1. The second-order valence-electron chi connectivity index (χ2n) is 5.32. The number of phenols is 1. The van der Waals surface area contributed by atoms with Gasteiger partial charge in [0.25, 0.3) is 0 Å². The molecule has 0 heterocycles. The van der Waals surface area contributed by atoms with Crippen LogP contribution in [0.4, 0.5) is 0 Å². The molecule has 0 aliphatic heterocycles. The number of aryl methyl sites for hydroxylation is 1. The monoisotopic (exact) mass is 296 g/mol. The normalized spacial score (nSPS) is 12.8. The predicted octanol–water partition coefficient (Wildman–Crippen LogP) is 3.13. The second kappa shape index (κ2) is 5.30. The first-order valence-corrected chi connectivity index (χ1v) is 7.20. The van der Waals surface area contributed by atoms with Crippen molar-refractivity contribution in [3.63, 3.8) is 0 Å². The summed E-state index contributed by atoms with van der Waals surface area (Å²) in [5, 5.41) is 9.86. The fourth-order valence-corrected chi connectivity index (χ4v) is 2.99. The van der Waals surface area contributed by atoms with Gasteiger partial charge in [0, 0.05) is 16.7 Å². The summed E-state index contributed by atoms with van der Waals surface area (Å²) in [5.74, 6) is -0.0611. The molecule has 0 unspecified atom stereocenters. The third-order valence-corrected chi connectivity index (χ3v) is 3.91. The minimum Gasteiger partial charge on any atom is -0.508 e. The van der Waals surface area contributed by atoms with E-state index in [1.165, 1.54) is 13.2 Å². The van der Waals surface area contributed by atoms with Crippen molar-refractivity contribution >= 4 is 11.6 Å². The number of aromatic hydroxyl groups is 1. The van der Waals surface area contributed by atoms with Gasteiger partial charge in [0.2, 0.25) is 0 Å². The van der Waals surface area contributed by atoms with E-state index in [9.17, 15) is 14.7 Å². The van der Waals surface area contributed by atoms with Crippen LogP contribution in [-0.4, -0.2) is 23.8 Å². The first kappa shape index (κ1) is 14.3. The molecule has 2 aromatic carbocycles. The standard InChI is InChI=1S/C18H16O4/c1-3-5-10-8-11(19)9-13-15(10)18(21)16-12(17(13)20)6-4-7-14(16)22-2/h4,6-9,19H,3,5H2,1-2H3. The summed E-state index contributed by atoms with van der Waals surface area (Å²) in [7, 11) is 1.48. The molecule has 3 rings (SSSR count). The van der Waals surface area contributed by atoms with E-state index in [0.717, 1.165) is 6.42 Å². The topological polar surface area (TPSA) is 63.6 Å². The van der Waals surface area contributed by atoms with Crippen molar-refractivity contribution in [2.24, 2.45) is 0 Å². The van der Waals surface area contributed by atoms with Crippen LogP contribution in [-0.2, 0) is 6.42 Å². The van der Waals surface area contributed by atoms with Crippen LogP contribution in [0, 0.1) is 0 Å². The van der Waals surface area contributed by atoms with E-state index in [-0.39, 0.29) is 22.9 Å². The molecule has 0 radical (unpaired) electrons. The number of rotatable bonds is 3. The van der Waals surface area contributed by atoms with Crippen molar-refractivity contribution < 1.29 is 19.4 Å². The van der Waals surface area contributed by atoms with Crippen LogP contribution in [0.15, 0.2) is 30.3 Å². The lowest BCUT2D eigenvalue weighted by Crippen LogP contribution is -2.23. The summed E-state index contributed by atoms with van der Waals surface area (Å²) in [6.45, 7) is 1.99. The van der Waals surface area contributed by atoms with Crippen LogP contribution in [0.1, 0.15) is 50.8 Å². The van der Waals surface area contributed by atoms with Gasteiger partial charge in [-0.1, -0.05) is 25.5 Å². The zero-order valence-corrected chi connectivity index (χ0v) is 12.5. The number of ketones is 2. The Kier molecular flexibility index (Phi) is 3.45. The molecule has 1 aliphatic rings. The molecule has 0 saturated carbocycles. The largest absolute Gasteiger partial charge is 0.508 e. The van der Waals surface area contributed by atoms with Crippen molar-refractivity contribution in [1.29, 1.82) is 0 Å². The summed E-state index contributed by atoms with van der Waals surface area (Å²) >= 11 is 0. The maximum Gasteiger partial charge on any atom is 0.198 e. The molecule has 0 bridgehead atoms. The highest BCUT2D eigenvalue weighted by Crippen LogP contribution is 2.36. The molecule has 4 nitrogen and oxygen atoms in total. The predicted molar refractivity (Wildman–Crippen MR) is 82.0 cm³/mol. The van der Waals surface area contributed by atoms with Crippen LogP contribution in [0.3, 0.4) is 0 Å². The highest BCUT2D eigenvalue weighted by Gasteiger charge is 2.34. The first-order valence-electron chi connectivity index (χ1n) is 7.20. The van der Waals surface area contributed by atoms with E-state index in [1.54, 1.807) is 24.3 Å². The molecular formula is C18H16O4. The van der Waals surface area contributed by atoms with E-state index in [2.05, 4.69) is 0 Å². The zero-order valence-electron chi connectivity index (χ0n) is 12.5. The van der Waals surface area contributed by atoms with Gasteiger partial charge in [0.15, 0.2) is 11.6 Å². The fraction of sp³-hybridized carbons (Fsp3) is 0.222. The van der Waals surface area contributed by atoms with Crippen LogP contribution in [0.2, 0.25) is 0 Å². The Morgan fingerprint density at radius 1 is 1.05 bits per heavy atom. The van der Waals surface area contributed by atoms with Gasteiger partial charge < -0.3 is 9.84 Å². The van der Waals surface area contributed by atoms with Gasteiger partial charge in [0.1, 0.15) is 11.5 Å². The molecule has 4 heteroatoms. The Morgan fingerprint density at radius 3 is 2.50 bits per heavy atom. The van der Waals surface area contributed by atoms with Crippen molar-refractivity contribution in [2.45, 2.75) is 19.8 Å². The van der Waals surface area contributed by atoms with Crippen LogP contribution in [0.5, 0.6) is 11.5 Å². The van der Waals surface area contributed by atoms with E-state index in [0.29, 0.717) is 34.4 Å². The van der Waals surface area contributed by atoms with Crippen molar-refractivity contribution in [3.8, 4) is 11.5 Å². The smallest absolute Gasteiger partial charge is 0.198 e. The Labute approximate surface area is 128 Å². The quantitative estimate of drug-likeness (QED) is 0.806. The average Bonchev–Trinajstić information content (AvgIpc) is 2.51. The van der Waals surface area contributed by atoms with E-state index >= 15 is 0 Å². The highest BCUT2D eigenvalue weighted by molar-refractivity contribution is 6.30. The van der Waals surface area contributed by atoms with Crippen LogP contribution < -0.4 is 4.74 Å². The average molecular weight is 296 g/mol. The summed E-state index contributed by atoms with van der Waals surface area (Å²) in [6.07, 6.45) is 1.44. The van der Waals surface area contributed by atoms with Gasteiger partial charge in [-0.2, -0.15) is 0 Å². The molecule has 0 atom stereocenters. The molecule has 0 amide bonds. The van der Waals surface area contributed by atoms with E-state index in [4.69, 9.17) is 4.74 Å². The minimum atomic E-state index is -0.253. The van der Waals surface area contributed by atoms with E-state index < -0.39 is 0 Å². The lowest BCUT2D eigenvalue weighted by molar-refractivity contribution is 0.0975. The number of hydrogen-bond donors (Lipinski definition) is 1. The molecule has 1 N–H and O–H groups in total. The minimum absolute atomic E-state index is 0.00898. The number of fused-ring (bicyclic) bond motifs is 2. The molecule has 1 aliphatic carbocycles. The Bertz CT molecular complexity index is 790. The summed E-state index contributed by atoms with van der Waals surface area (Å²) < 4.78 is 5.25. The molecule has 0 fully saturated rings. The lowest BCUT2D eigenvalue weighted by Gasteiger charge is -2.22. The number of phenolic OH excluding ortho intramolecular Hbond substituents is 1. The number of carbonyl (C=O) groups is 2. The first-order chi connectivity index (χ1) is 10.6. The van der Waals surface area contributed by atoms with Crippen molar-refractivity contribution in [3.05, 3.63) is 58.1 Å². The maximum absolute atomic E-state index is 12.9. The summed E-state index contributed by atoms with van der Waals surface area (Å²) in [4.78, 5) is 25.6. The number of ether oxygens (including phenoxy) is 1. The Hall–Kier alpha value is -2.62. The summed E-state index contributed by atoms with van der Waals surface area (Å²) in [5.41, 5.74) is 2.00. The van der Waals surface area contributed by atoms with Gasteiger partial charge in [-0.25, -0.2) is 0 Å². The maximum atomic E-state index is 12.9. The van der Waals surface area contributed by atoms with Gasteiger partial charge in [-0.15, -0.1) is 0 Å². The second-order valence-corrected chi connectivity index (χ2v) is 5.32. The fourth-order valence-electron chi connectivity index (χ4n) is 2.99.